The number of carbonyl (C=O) groups excluding carboxylic acids is 2. The van der Waals surface area contributed by atoms with Crippen molar-refractivity contribution < 1.29 is 27.6 Å². The Bertz CT molecular complexity index is 1280. The quantitative estimate of drug-likeness (QED) is 0.528. The van der Waals surface area contributed by atoms with Crippen LogP contribution in [-0.4, -0.2) is 51.4 Å². The maximum atomic E-state index is 14.1. The van der Waals surface area contributed by atoms with Gasteiger partial charge in [-0.3, -0.25) is 14.5 Å². The zero-order valence-electron chi connectivity index (χ0n) is 16.9. The topological polar surface area (TPSA) is 114 Å². The molecule has 0 radical (unpaired) electrons. The number of nitrogens with zero attached hydrogens (tertiary/aromatic N) is 5. The number of fused-ring (bicyclic) bond motifs is 3. The molecule has 0 fully saturated rings. The van der Waals surface area contributed by atoms with Crippen molar-refractivity contribution in [3.8, 4) is 0 Å². The number of hydroxylamine groups is 1. The number of anilines is 2. The predicted molar refractivity (Wildman–Crippen MR) is 111 cm³/mol. The number of nitrogens with one attached hydrogen (secondary N) is 2. The van der Waals surface area contributed by atoms with E-state index in [9.17, 15) is 22.8 Å². The molecular weight excluding hydrogens is 490 g/mol. The summed E-state index contributed by atoms with van der Waals surface area (Å²) in [5, 5.41) is 6.19. The molecule has 174 valence electrons. The Labute approximate surface area is 193 Å². The van der Waals surface area contributed by atoms with Crippen molar-refractivity contribution in [2.24, 2.45) is 0 Å². The van der Waals surface area contributed by atoms with E-state index in [1.165, 1.54) is 19.2 Å². The first-order chi connectivity index (χ1) is 15.5. The van der Waals surface area contributed by atoms with Crippen LogP contribution in [0.1, 0.15) is 23.1 Å². The van der Waals surface area contributed by atoms with Crippen LogP contribution in [0, 0.1) is 0 Å². The van der Waals surface area contributed by atoms with E-state index < -0.39 is 30.1 Å². The fourth-order valence-corrected chi connectivity index (χ4v) is 3.92. The number of halogens is 5. The number of hydrogen-bond donors (Lipinski definition) is 2. The Morgan fingerprint density at radius 2 is 1.94 bits per heavy atom. The normalized spacial score (nSPS) is 17.8. The van der Waals surface area contributed by atoms with Gasteiger partial charge in [0.05, 0.1) is 41.6 Å². The molecule has 0 aliphatic carbocycles. The van der Waals surface area contributed by atoms with Crippen molar-refractivity contribution in [1.29, 1.82) is 0 Å². The minimum atomic E-state index is -4.72. The van der Waals surface area contributed by atoms with Crippen LogP contribution in [0.25, 0.3) is 5.65 Å². The smallest absolute Gasteiger partial charge is 0.306 e. The zero-order valence-corrected chi connectivity index (χ0v) is 18.4. The Hall–Kier alpha value is -3.16. The van der Waals surface area contributed by atoms with Gasteiger partial charge in [-0.05, 0) is 13.0 Å². The Morgan fingerprint density at radius 1 is 1.21 bits per heavy atom. The first-order valence-electron chi connectivity index (χ1n) is 9.15. The molecule has 3 aromatic rings. The molecule has 3 aromatic heterocycles. The predicted octanol–water partition coefficient (Wildman–Crippen LogP) is 3.59. The van der Waals surface area contributed by atoms with Gasteiger partial charge in [0.15, 0.2) is 10.8 Å². The van der Waals surface area contributed by atoms with Crippen LogP contribution in [0.5, 0.6) is 0 Å². The minimum Gasteiger partial charge on any atom is -0.306 e. The average Bonchev–Trinajstić information content (AvgIpc) is 3.25. The maximum Gasteiger partial charge on any atom is 0.401 e. The van der Waals surface area contributed by atoms with E-state index in [0.717, 1.165) is 28.7 Å². The standard InChI is InChI=1S/C18H14Cl2F3N7O3/c1-17(18(21,22)23)7-29(10-6-24-12-4-11(20)27-30(12)14(10)17)16(32)26-8-3-9(19)13(25-5-8)15(31)28-33-2/h3-6H,7H2,1-2H3,(H,26,32)(H,28,31)/t17-/m1/s1. The molecule has 4 heterocycles. The molecule has 10 nitrogen and oxygen atoms in total. The Morgan fingerprint density at radius 3 is 2.58 bits per heavy atom. The third-order valence-corrected chi connectivity index (χ3v) is 5.57. The first-order valence-corrected chi connectivity index (χ1v) is 9.90. The van der Waals surface area contributed by atoms with Gasteiger partial charge in [-0.15, -0.1) is 0 Å². The molecule has 0 bridgehead atoms. The largest absolute Gasteiger partial charge is 0.401 e. The van der Waals surface area contributed by atoms with Crippen LogP contribution in [-0.2, 0) is 10.3 Å². The highest BCUT2D eigenvalue weighted by molar-refractivity contribution is 6.33. The van der Waals surface area contributed by atoms with Gasteiger partial charge in [0.2, 0.25) is 0 Å². The van der Waals surface area contributed by atoms with Gasteiger partial charge < -0.3 is 5.32 Å². The number of urea groups is 1. The van der Waals surface area contributed by atoms with E-state index in [2.05, 4.69) is 25.2 Å². The Kier molecular flexibility index (Phi) is 5.58. The molecule has 0 aromatic carbocycles. The minimum absolute atomic E-state index is 0.0401. The summed E-state index contributed by atoms with van der Waals surface area (Å²) >= 11 is 11.9. The fourth-order valence-electron chi connectivity index (χ4n) is 3.50. The van der Waals surface area contributed by atoms with E-state index in [0.29, 0.717) is 0 Å². The summed E-state index contributed by atoms with van der Waals surface area (Å²) in [6, 6.07) is 1.65. The van der Waals surface area contributed by atoms with Crippen LogP contribution < -0.4 is 15.7 Å². The van der Waals surface area contributed by atoms with E-state index in [4.69, 9.17) is 23.2 Å². The summed E-state index contributed by atoms with van der Waals surface area (Å²) in [6.45, 7) is 0.237. The van der Waals surface area contributed by atoms with Gasteiger partial charge in [-0.1, -0.05) is 23.2 Å². The second-order valence-corrected chi connectivity index (χ2v) is 8.06. The van der Waals surface area contributed by atoms with Crippen LogP contribution in [0.15, 0.2) is 24.5 Å². The molecule has 0 spiro atoms. The number of aromatic nitrogens is 4. The third kappa shape index (κ3) is 3.81. The number of alkyl halides is 3. The second-order valence-electron chi connectivity index (χ2n) is 7.27. The lowest BCUT2D eigenvalue weighted by Crippen LogP contribution is -2.46. The van der Waals surface area contributed by atoms with Crippen molar-refractivity contribution in [2.45, 2.75) is 18.5 Å². The monoisotopic (exact) mass is 503 g/mol. The molecule has 1 aliphatic heterocycles. The number of amides is 3. The first kappa shape index (κ1) is 23.0. The van der Waals surface area contributed by atoms with E-state index in [1.54, 1.807) is 0 Å². The molecule has 15 heteroatoms. The molecule has 1 atom stereocenters. The lowest BCUT2D eigenvalue weighted by atomic mass is 9.88. The molecule has 2 N–H and O–H groups in total. The summed E-state index contributed by atoms with van der Waals surface area (Å²) in [4.78, 5) is 38.1. The number of hydrogen-bond acceptors (Lipinski definition) is 6. The van der Waals surface area contributed by atoms with E-state index in [1.807, 2.05) is 5.48 Å². The summed E-state index contributed by atoms with van der Waals surface area (Å²) < 4.78 is 43.4. The van der Waals surface area contributed by atoms with E-state index in [-0.39, 0.29) is 38.6 Å². The fraction of sp³-hybridized carbons (Fsp3) is 0.278. The summed E-state index contributed by atoms with van der Waals surface area (Å²) in [5.41, 5.74) is -0.776. The van der Waals surface area contributed by atoms with Gasteiger partial charge in [-0.2, -0.15) is 18.3 Å². The number of rotatable bonds is 3. The third-order valence-electron chi connectivity index (χ3n) is 5.10. The lowest BCUT2D eigenvalue weighted by molar-refractivity contribution is -0.181. The molecule has 33 heavy (non-hydrogen) atoms. The molecule has 4 rings (SSSR count). The molecule has 0 unspecified atom stereocenters. The van der Waals surface area contributed by atoms with Gasteiger partial charge in [0.25, 0.3) is 5.91 Å². The molecule has 0 saturated heterocycles. The SMILES string of the molecule is CONC(=O)c1ncc(NC(=O)N2C[C@@](C)(C(F)(F)F)c3c2cnc2cc(Cl)nn32)cc1Cl. The Balaban J connectivity index is 1.70. The van der Waals surface area contributed by atoms with Crippen LogP contribution >= 0.6 is 23.2 Å². The van der Waals surface area contributed by atoms with Gasteiger partial charge in [0, 0.05) is 12.6 Å². The van der Waals surface area contributed by atoms with Crippen molar-refractivity contribution in [3.63, 3.8) is 0 Å². The summed E-state index contributed by atoms with van der Waals surface area (Å²) in [6.07, 6.45) is -2.43. The highest BCUT2D eigenvalue weighted by Gasteiger charge is 2.60. The van der Waals surface area contributed by atoms with Gasteiger partial charge in [-0.25, -0.2) is 24.8 Å². The van der Waals surface area contributed by atoms with Gasteiger partial charge >= 0.3 is 12.2 Å². The highest BCUT2D eigenvalue weighted by atomic mass is 35.5. The molecule has 1 aliphatic rings. The maximum absolute atomic E-state index is 14.1. The van der Waals surface area contributed by atoms with Crippen LogP contribution in [0.2, 0.25) is 10.2 Å². The molecule has 3 amide bonds. The lowest BCUT2D eigenvalue weighted by Gasteiger charge is -2.28. The highest BCUT2D eigenvalue weighted by Crippen LogP contribution is 2.50. The van der Waals surface area contributed by atoms with Crippen molar-refractivity contribution in [3.05, 3.63) is 46.1 Å². The average molecular weight is 504 g/mol. The van der Waals surface area contributed by atoms with Crippen molar-refractivity contribution in [2.75, 3.05) is 23.9 Å². The van der Waals surface area contributed by atoms with Crippen molar-refractivity contribution >= 4 is 52.2 Å². The molecular formula is C18H14Cl2F3N7O3. The zero-order chi connectivity index (χ0) is 24.1. The number of carbonyl (C=O) groups is 2. The van der Waals surface area contributed by atoms with Crippen LogP contribution in [0.3, 0.4) is 0 Å². The van der Waals surface area contributed by atoms with Gasteiger partial charge in [0.1, 0.15) is 11.1 Å². The van der Waals surface area contributed by atoms with E-state index >= 15 is 0 Å². The second kappa shape index (κ2) is 8.01. The number of pyridine rings is 1. The van der Waals surface area contributed by atoms with Crippen molar-refractivity contribution in [1.82, 2.24) is 25.1 Å². The summed E-state index contributed by atoms with van der Waals surface area (Å²) in [7, 11) is 1.23. The van der Waals surface area contributed by atoms with Crippen LogP contribution in [0.4, 0.5) is 29.3 Å². The summed E-state index contributed by atoms with van der Waals surface area (Å²) in [5.74, 6) is -0.720. The molecule has 0 saturated carbocycles.